The second-order valence-electron chi connectivity index (χ2n) is 4.09. The van der Waals surface area contributed by atoms with Gasteiger partial charge in [-0.05, 0) is 24.3 Å². The smallest absolute Gasteiger partial charge is 0.329 e. The Hall–Kier alpha value is -3.20. The highest BCUT2D eigenvalue weighted by Crippen LogP contribution is 2.27. The van der Waals surface area contributed by atoms with Crippen molar-refractivity contribution in [1.29, 1.82) is 0 Å². The molecular weight excluding hydrogens is 328 g/mol. The lowest BCUT2D eigenvalue weighted by Crippen LogP contribution is -2.32. The van der Waals surface area contributed by atoms with Crippen molar-refractivity contribution in [2.24, 2.45) is 5.10 Å². The summed E-state index contributed by atoms with van der Waals surface area (Å²) >= 11 is 5.65. The number of hydrogen-bond donors (Lipinski definition) is 2. The fourth-order valence-corrected chi connectivity index (χ4v) is 1.67. The molecule has 0 fully saturated rings. The Bertz CT molecular complexity index is 773. The average Bonchev–Trinajstić information content (AvgIpc) is 3.02. The van der Waals surface area contributed by atoms with E-state index in [0.717, 1.165) is 6.07 Å². The van der Waals surface area contributed by atoms with Gasteiger partial charge in [0.2, 0.25) is 0 Å². The monoisotopic (exact) mass is 336 g/mol. The van der Waals surface area contributed by atoms with Crippen molar-refractivity contribution in [1.82, 2.24) is 5.43 Å². The number of nitrogens with one attached hydrogen (secondary N) is 2. The number of benzene rings is 1. The Labute approximate surface area is 134 Å². The summed E-state index contributed by atoms with van der Waals surface area (Å²) in [5.74, 6) is -1.71. The standard InChI is InChI=1S/C13H9ClN4O5/c14-10-4-3-8(6-11(10)18(21)22)16-12(19)13(20)17-15-7-9-2-1-5-23-9/h1-7H,(H,16,19)(H,17,20). The molecule has 0 saturated heterocycles. The SMILES string of the molecule is O=C(NN=Cc1ccco1)C(=O)Nc1ccc(Cl)c([N+](=O)[O-])c1. The number of anilines is 1. The van der Waals surface area contributed by atoms with Crippen LogP contribution in [0, 0.1) is 10.1 Å². The zero-order chi connectivity index (χ0) is 16.8. The molecule has 1 aromatic carbocycles. The molecule has 0 unspecified atom stereocenters. The Kier molecular flexibility index (Phi) is 5.05. The van der Waals surface area contributed by atoms with Crippen molar-refractivity contribution < 1.29 is 18.9 Å². The molecule has 2 amide bonds. The third-order valence-electron chi connectivity index (χ3n) is 2.51. The topological polar surface area (TPSA) is 127 Å². The Morgan fingerprint density at radius 1 is 1.30 bits per heavy atom. The maximum Gasteiger partial charge on any atom is 0.329 e. The second kappa shape index (κ2) is 7.18. The molecule has 2 N–H and O–H groups in total. The fourth-order valence-electron chi connectivity index (χ4n) is 1.49. The lowest BCUT2D eigenvalue weighted by atomic mass is 10.3. The fraction of sp³-hybridized carbons (Fsp3) is 0. The molecule has 23 heavy (non-hydrogen) atoms. The average molecular weight is 337 g/mol. The van der Waals surface area contributed by atoms with E-state index < -0.39 is 16.7 Å². The van der Waals surface area contributed by atoms with Gasteiger partial charge in [0, 0.05) is 11.8 Å². The molecule has 0 radical (unpaired) electrons. The van der Waals surface area contributed by atoms with Crippen LogP contribution < -0.4 is 10.7 Å². The van der Waals surface area contributed by atoms with E-state index in [2.05, 4.69) is 10.4 Å². The molecule has 10 heteroatoms. The van der Waals surface area contributed by atoms with Gasteiger partial charge in [-0.1, -0.05) is 11.6 Å². The molecule has 2 rings (SSSR count). The van der Waals surface area contributed by atoms with Crippen LogP contribution in [0.15, 0.2) is 46.1 Å². The highest BCUT2D eigenvalue weighted by molar-refractivity contribution is 6.39. The van der Waals surface area contributed by atoms with E-state index in [1.807, 2.05) is 5.43 Å². The van der Waals surface area contributed by atoms with Gasteiger partial charge >= 0.3 is 11.8 Å². The van der Waals surface area contributed by atoms with E-state index in [1.165, 1.54) is 24.6 Å². The lowest BCUT2D eigenvalue weighted by molar-refractivity contribution is -0.384. The van der Waals surface area contributed by atoms with Crippen molar-refractivity contribution in [2.45, 2.75) is 0 Å². The van der Waals surface area contributed by atoms with E-state index >= 15 is 0 Å². The highest BCUT2D eigenvalue weighted by atomic mass is 35.5. The first-order valence-corrected chi connectivity index (χ1v) is 6.47. The highest BCUT2D eigenvalue weighted by Gasteiger charge is 2.17. The molecule has 0 aliphatic heterocycles. The largest absolute Gasteiger partial charge is 0.463 e. The van der Waals surface area contributed by atoms with E-state index in [-0.39, 0.29) is 16.4 Å². The van der Waals surface area contributed by atoms with Crippen LogP contribution in [0.2, 0.25) is 5.02 Å². The van der Waals surface area contributed by atoms with Gasteiger partial charge in [0.05, 0.1) is 17.4 Å². The van der Waals surface area contributed by atoms with Gasteiger partial charge in [-0.25, -0.2) is 5.43 Å². The summed E-state index contributed by atoms with van der Waals surface area (Å²) in [7, 11) is 0. The van der Waals surface area contributed by atoms with Gasteiger partial charge in [0.25, 0.3) is 5.69 Å². The number of nitro benzene ring substituents is 1. The van der Waals surface area contributed by atoms with E-state index in [4.69, 9.17) is 16.0 Å². The van der Waals surface area contributed by atoms with Crippen LogP contribution in [0.3, 0.4) is 0 Å². The molecule has 1 aromatic heterocycles. The van der Waals surface area contributed by atoms with Gasteiger partial charge in [-0.2, -0.15) is 5.10 Å². The van der Waals surface area contributed by atoms with Crippen molar-refractivity contribution in [2.75, 3.05) is 5.32 Å². The number of nitrogens with zero attached hydrogens (tertiary/aromatic N) is 2. The predicted molar refractivity (Wildman–Crippen MR) is 81.2 cm³/mol. The quantitative estimate of drug-likeness (QED) is 0.381. The number of halogens is 1. The van der Waals surface area contributed by atoms with E-state index in [1.54, 1.807) is 12.1 Å². The molecule has 0 aliphatic carbocycles. The zero-order valence-electron chi connectivity index (χ0n) is 11.4. The summed E-state index contributed by atoms with van der Waals surface area (Å²) in [5.41, 5.74) is 1.65. The lowest BCUT2D eigenvalue weighted by Gasteiger charge is -2.04. The van der Waals surface area contributed by atoms with Crippen LogP contribution in [0.1, 0.15) is 5.76 Å². The molecule has 0 spiro atoms. The van der Waals surface area contributed by atoms with Gasteiger partial charge in [0.1, 0.15) is 10.8 Å². The van der Waals surface area contributed by atoms with Gasteiger partial charge in [0.15, 0.2) is 0 Å². The number of amides is 2. The van der Waals surface area contributed by atoms with Crippen LogP contribution in [0.5, 0.6) is 0 Å². The van der Waals surface area contributed by atoms with E-state index in [9.17, 15) is 19.7 Å². The Morgan fingerprint density at radius 3 is 2.74 bits per heavy atom. The van der Waals surface area contributed by atoms with Crippen molar-refractivity contribution in [3.05, 3.63) is 57.5 Å². The molecule has 0 saturated carbocycles. The Balaban J connectivity index is 1.97. The first-order chi connectivity index (χ1) is 11.0. The summed E-state index contributed by atoms with van der Waals surface area (Å²) in [6.45, 7) is 0. The molecule has 0 atom stereocenters. The minimum Gasteiger partial charge on any atom is -0.463 e. The van der Waals surface area contributed by atoms with Gasteiger partial charge in [-0.15, -0.1) is 0 Å². The normalized spacial score (nSPS) is 10.5. The van der Waals surface area contributed by atoms with Crippen LogP contribution in [-0.2, 0) is 9.59 Å². The molecule has 118 valence electrons. The van der Waals surface area contributed by atoms with Crippen LogP contribution in [-0.4, -0.2) is 23.0 Å². The molecule has 1 heterocycles. The number of carbonyl (C=O) groups excluding carboxylic acids is 2. The predicted octanol–water partition coefficient (Wildman–Crippen LogP) is 1.93. The second-order valence-corrected chi connectivity index (χ2v) is 4.50. The van der Waals surface area contributed by atoms with Gasteiger partial charge < -0.3 is 9.73 Å². The zero-order valence-corrected chi connectivity index (χ0v) is 12.1. The number of hydrazone groups is 1. The third-order valence-corrected chi connectivity index (χ3v) is 2.83. The summed E-state index contributed by atoms with van der Waals surface area (Å²) in [6.07, 6.45) is 2.63. The molecule has 2 aromatic rings. The van der Waals surface area contributed by atoms with Crippen molar-refractivity contribution >= 4 is 41.0 Å². The van der Waals surface area contributed by atoms with Crippen molar-refractivity contribution in [3.63, 3.8) is 0 Å². The number of furan rings is 1. The molecule has 0 aliphatic rings. The molecular formula is C13H9ClN4O5. The molecule has 9 nitrogen and oxygen atoms in total. The molecule has 0 bridgehead atoms. The number of rotatable bonds is 4. The maximum atomic E-state index is 11.6. The van der Waals surface area contributed by atoms with Crippen LogP contribution in [0.4, 0.5) is 11.4 Å². The summed E-state index contributed by atoms with van der Waals surface area (Å²) in [6, 6.07) is 6.83. The Morgan fingerprint density at radius 2 is 2.09 bits per heavy atom. The third kappa shape index (κ3) is 4.38. The maximum absolute atomic E-state index is 11.6. The number of hydrogen-bond acceptors (Lipinski definition) is 6. The minimum absolute atomic E-state index is 0.0521. The van der Waals surface area contributed by atoms with Crippen molar-refractivity contribution in [3.8, 4) is 0 Å². The summed E-state index contributed by atoms with van der Waals surface area (Å²) in [4.78, 5) is 33.2. The number of nitro groups is 1. The van der Waals surface area contributed by atoms with E-state index in [0.29, 0.717) is 5.76 Å². The summed E-state index contributed by atoms with van der Waals surface area (Å²) < 4.78 is 4.94. The number of carbonyl (C=O) groups is 2. The van der Waals surface area contributed by atoms with Crippen LogP contribution in [0.25, 0.3) is 0 Å². The first kappa shape index (κ1) is 16.2. The van der Waals surface area contributed by atoms with Crippen LogP contribution >= 0.6 is 11.6 Å². The van der Waals surface area contributed by atoms with Gasteiger partial charge in [-0.3, -0.25) is 19.7 Å². The summed E-state index contributed by atoms with van der Waals surface area (Å²) in [5, 5.41) is 16.4. The minimum atomic E-state index is -1.05. The first-order valence-electron chi connectivity index (χ1n) is 6.09.